The van der Waals surface area contributed by atoms with Crippen LogP contribution in [0.15, 0.2) is 12.3 Å². The second kappa shape index (κ2) is 5.19. The lowest BCUT2D eigenvalue weighted by atomic mass is 10.1. The first-order valence-corrected chi connectivity index (χ1v) is 5.57. The molecule has 0 aliphatic carbocycles. The van der Waals surface area contributed by atoms with Gasteiger partial charge in [0.25, 0.3) is 0 Å². The summed E-state index contributed by atoms with van der Waals surface area (Å²) in [6.07, 6.45) is 1.41. The molecule has 7 nitrogen and oxygen atoms in total. The Balaban J connectivity index is 2.39. The van der Waals surface area contributed by atoms with E-state index in [2.05, 4.69) is 4.98 Å². The number of ether oxygens (including phenoxy) is 1. The molecule has 2 rings (SSSR count). The van der Waals surface area contributed by atoms with E-state index in [0.29, 0.717) is 31.3 Å². The average Bonchev–Trinajstić information content (AvgIpc) is 2.38. The number of aliphatic hydroxyl groups excluding tert-OH is 1. The summed E-state index contributed by atoms with van der Waals surface area (Å²) in [5, 5.41) is 18.4. The molecule has 1 aliphatic rings. The zero-order valence-corrected chi connectivity index (χ0v) is 9.74. The Bertz CT molecular complexity index is 452. The SMILES string of the molecule is Nc1cnc(N2CCOCC2CO)c(C(=O)O)c1. The molecule has 1 unspecified atom stereocenters. The van der Waals surface area contributed by atoms with Gasteiger partial charge in [-0.25, -0.2) is 9.78 Å². The largest absolute Gasteiger partial charge is 0.478 e. The van der Waals surface area contributed by atoms with Crippen LogP contribution in [0.4, 0.5) is 11.5 Å². The fraction of sp³-hybridized carbons (Fsp3) is 0.455. The van der Waals surface area contributed by atoms with E-state index in [-0.39, 0.29) is 18.2 Å². The molecule has 0 saturated carbocycles. The second-order valence-corrected chi connectivity index (χ2v) is 4.05. The molecule has 7 heteroatoms. The van der Waals surface area contributed by atoms with Crippen LogP contribution < -0.4 is 10.6 Å². The number of aliphatic hydroxyl groups is 1. The van der Waals surface area contributed by atoms with Crippen molar-refractivity contribution in [3.63, 3.8) is 0 Å². The first-order valence-electron chi connectivity index (χ1n) is 5.57. The highest BCUT2D eigenvalue weighted by Gasteiger charge is 2.27. The number of morpholine rings is 1. The van der Waals surface area contributed by atoms with E-state index in [0.717, 1.165) is 0 Å². The quantitative estimate of drug-likeness (QED) is 0.670. The monoisotopic (exact) mass is 253 g/mol. The molecule has 0 aromatic carbocycles. The number of carbonyl (C=O) groups is 1. The van der Waals surface area contributed by atoms with Gasteiger partial charge in [0.2, 0.25) is 0 Å². The number of carboxylic acids is 1. The summed E-state index contributed by atoms with van der Waals surface area (Å²) < 4.78 is 5.25. The second-order valence-electron chi connectivity index (χ2n) is 4.05. The Morgan fingerprint density at radius 3 is 3.11 bits per heavy atom. The Hall–Kier alpha value is -1.86. The maximum Gasteiger partial charge on any atom is 0.339 e. The number of hydrogen-bond donors (Lipinski definition) is 3. The molecule has 0 radical (unpaired) electrons. The van der Waals surface area contributed by atoms with Crippen molar-refractivity contribution >= 4 is 17.5 Å². The summed E-state index contributed by atoms with van der Waals surface area (Å²) in [7, 11) is 0. The lowest BCUT2D eigenvalue weighted by molar-refractivity contribution is 0.0674. The maximum absolute atomic E-state index is 11.2. The van der Waals surface area contributed by atoms with Gasteiger partial charge in [-0.05, 0) is 6.07 Å². The molecule has 0 amide bonds. The summed E-state index contributed by atoms with van der Waals surface area (Å²) >= 11 is 0. The number of aromatic nitrogens is 1. The molecule has 2 heterocycles. The van der Waals surface area contributed by atoms with Crippen LogP contribution in [0.3, 0.4) is 0 Å². The Morgan fingerprint density at radius 2 is 2.44 bits per heavy atom. The van der Waals surface area contributed by atoms with Gasteiger partial charge in [0.1, 0.15) is 11.4 Å². The molecule has 0 spiro atoms. The zero-order valence-electron chi connectivity index (χ0n) is 9.74. The Kier molecular flexibility index (Phi) is 3.63. The number of rotatable bonds is 3. The van der Waals surface area contributed by atoms with Gasteiger partial charge in [-0.2, -0.15) is 0 Å². The van der Waals surface area contributed by atoms with Crippen LogP contribution in [-0.4, -0.2) is 53.6 Å². The first-order chi connectivity index (χ1) is 8.63. The molecule has 1 saturated heterocycles. The average molecular weight is 253 g/mol. The van der Waals surface area contributed by atoms with Crippen molar-refractivity contribution in [1.82, 2.24) is 4.98 Å². The predicted molar refractivity (Wildman–Crippen MR) is 64.6 cm³/mol. The van der Waals surface area contributed by atoms with Gasteiger partial charge in [-0.3, -0.25) is 0 Å². The number of carboxylic acid groups (broad SMARTS) is 1. The topological polar surface area (TPSA) is 109 Å². The lowest BCUT2D eigenvalue weighted by Gasteiger charge is -2.36. The lowest BCUT2D eigenvalue weighted by Crippen LogP contribution is -2.48. The van der Waals surface area contributed by atoms with Crippen LogP contribution in [0.2, 0.25) is 0 Å². The van der Waals surface area contributed by atoms with Crippen molar-refractivity contribution in [2.75, 3.05) is 37.0 Å². The van der Waals surface area contributed by atoms with Crippen LogP contribution in [-0.2, 0) is 4.74 Å². The van der Waals surface area contributed by atoms with Gasteiger partial charge in [0, 0.05) is 6.54 Å². The van der Waals surface area contributed by atoms with Crippen molar-refractivity contribution in [2.24, 2.45) is 0 Å². The minimum Gasteiger partial charge on any atom is -0.478 e. The van der Waals surface area contributed by atoms with Crippen LogP contribution in [0.25, 0.3) is 0 Å². The first kappa shape index (κ1) is 12.6. The summed E-state index contributed by atoms with van der Waals surface area (Å²) in [5.41, 5.74) is 5.88. The van der Waals surface area contributed by atoms with Gasteiger partial charge in [0.05, 0.1) is 37.7 Å². The normalized spacial score (nSPS) is 19.8. The van der Waals surface area contributed by atoms with Crippen LogP contribution in [0, 0.1) is 0 Å². The molecule has 0 bridgehead atoms. The number of aromatic carboxylic acids is 1. The summed E-state index contributed by atoms with van der Waals surface area (Å²) in [6.45, 7) is 1.19. The third-order valence-electron chi connectivity index (χ3n) is 2.83. The van der Waals surface area contributed by atoms with Crippen LogP contribution in [0.1, 0.15) is 10.4 Å². The highest BCUT2D eigenvalue weighted by Crippen LogP contribution is 2.23. The molecule has 1 aromatic heterocycles. The van der Waals surface area contributed by atoms with E-state index in [4.69, 9.17) is 15.6 Å². The van der Waals surface area contributed by atoms with Crippen LogP contribution in [0.5, 0.6) is 0 Å². The smallest absolute Gasteiger partial charge is 0.339 e. The van der Waals surface area contributed by atoms with E-state index in [1.807, 2.05) is 0 Å². The predicted octanol–water partition coefficient (Wildman–Crippen LogP) is -0.441. The van der Waals surface area contributed by atoms with E-state index in [1.54, 1.807) is 4.90 Å². The molecule has 1 fully saturated rings. The van der Waals surface area contributed by atoms with Gasteiger partial charge >= 0.3 is 5.97 Å². The minimum absolute atomic E-state index is 0.0374. The number of nitrogen functional groups attached to an aromatic ring is 1. The van der Waals surface area contributed by atoms with Gasteiger partial charge < -0.3 is 25.6 Å². The van der Waals surface area contributed by atoms with Crippen molar-refractivity contribution in [2.45, 2.75) is 6.04 Å². The Morgan fingerprint density at radius 1 is 1.67 bits per heavy atom. The number of pyridine rings is 1. The summed E-state index contributed by atoms with van der Waals surface area (Å²) in [5.74, 6) is -0.771. The zero-order chi connectivity index (χ0) is 13.1. The molecule has 1 aromatic rings. The number of hydrogen-bond acceptors (Lipinski definition) is 6. The molecule has 18 heavy (non-hydrogen) atoms. The fourth-order valence-electron chi connectivity index (χ4n) is 1.94. The van der Waals surface area contributed by atoms with E-state index in [9.17, 15) is 9.90 Å². The number of nitrogens with zero attached hydrogens (tertiary/aromatic N) is 2. The standard InChI is InChI=1S/C11H15N3O4/c12-7-3-9(11(16)17)10(13-4-7)14-1-2-18-6-8(14)5-15/h3-4,8,15H,1-2,5-6,12H2,(H,16,17). The molecular weight excluding hydrogens is 238 g/mol. The van der Waals surface area contributed by atoms with E-state index in [1.165, 1.54) is 12.3 Å². The minimum atomic E-state index is -1.09. The van der Waals surface area contributed by atoms with Gasteiger partial charge in [-0.1, -0.05) is 0 Å². The fourth-order valence-corrected chi connectivity index (χ4v) is 1.94. The molecule has 1 atom stereocenters. The van der Waals surface area contributed by atoms with Gasteiger partial charge in [0.15, 0.2) is 0 Å². The van der Waals surface area contributed by atoms with Crippen molar-refractivity contribution in [3.8, 4) is 0 Å². The number of anilines is 2. The highest BCUT2D eigenvalue weighted by atomic mass is 16.5. The highest BCUT2D eigenvalue weighted by molar-refractivity contribution is 5.94. The number of nitrogens with two attached hydrogens (primary N) is 1. The molecular formula is C11H15N3O4. The van der Waals surface area contributed by atoms with Crippen molar-refractivity contribution < 1.29 is 19.7 Å². The molecule has 4 N–H and O–H groups in total. The van der Waals surface area contributed by atoms with E-state index < -0.39 is 5.97 Å². The Labute approximate surface area is 104 Å². The molecule has 1 aliphatic heterocycles. The van der Waals surface area contributed by atoms with Crippen molar-refractivity contribution in [3.05, 3.63) is 17.8 Å². The maximum atomic E-state index is 11.2. The summed E-state index contributed by atoms with van der Waals surface area (Å²) in [4.78, 5) is 17.0. The summed E-state index contributed by atoms with van der Waals surface area (Å²) in [6, 6.07) is 1.09. The molecule has 98 valence electrons. The third kappa shape index (κ3) is 2.36. The van der Waals surface area contributed by atoms with Crippen molar-refractivity contribution in [1.29, 1.82) is 0 Å². The van der Waals surface area contributed by atoms with Crippen LogP contribution >= 0.6 is 0 Å². The third-order valence-corrected chi connectivity index (χ3v) is 2.83. The van der Waals surface area contributed by atoms with E-state index >= 15 is 0 Å². The van der Waals surface area contributed by atoms with Gasteiger partial charge in [-0.15, -0.1) is 0 Å².